The Balaban J connectivity index is 2.40. The predicted molar refractivity (Wildman–Crippen MR) is 69.9 cm³/mol. The van der Waals surface area contributed by atoms with Gasteiger partial charge in [-0.2, -0.15) is 0 Å². The van der Waals surface area contributed by atoms with Crippen molar-refractivity contribution in [3.8, 4) is 11.6 Å². The highest BCUT2D eigenvalue weighted by atomic mass is 19.1. The second kappa shape index (κ2) is 5.82. The molecular weight excluding hydrogens is 283 g/mol. The Morgan fingerprint density at radius 3 is 2.81 bits per heavy atom. The van der Waals surface area contributed by atoms with Crippen LogP contribution in [0.15, 0.2) is 41.6 Å². The molecule has 0 amide bonds. The number of amidine groups is 1. The topological polar surface area (TPSA) is 124 Å². The smallest absolute Gasteiger partial charge is 0.299 e. The van der Waals surface area contributed by atoms with Gasteiger partial charge in [0.1, 0.15) is 11.6 Å². The van der Waals surface area contributed by atoms with Crippen molar-refractivity contribution in [3.05, 3.63) is 58.0 Å². The molecular formula is C12H9FN4O4. The van der Waals surface area contributed by atoms with Crippen molar-refractivity contribution in [3.63, 3.8) is 0 Å². The van der Waals surface area contributed by atoms with Crippen LogP contribution >= 0.6 is 0 Å². The van der Waals surface area contributed by atoms with Gasteiger partial charge in [-0.05, 0) is 12.1 Å². The van der Waals surface area contributed by atoms with Crippen LogP contribution in [0.25, 0.3) is 0 Å². The molecule has 21 heavy (non-hydrogen) atoms. The van der Waals surface area contributed by atoms with E-state index in [1.165, 1.54) is 24.3 Å². The van der Waals surface area contributed by atoms with Crippen LogP contribution in [0.1, 0.15) is 5.69 Å². The van der Waals surface area contributed by atoms with Crippen molar-refractivity contribution in [2.75, 3.05) is 0 Å². The molecule has 0 saturated carbocycles. The molecule has 8 nitrogen and oxygen atoms in total. The number of oxime groups is 1. The summed E-state index contributed by atoms with van der Waals surface area (Å²) >= 11 is 0. The average Bonchev–Trinajstić information content (AvgIpc) is 2.46. The first-order chi connectivity index (χ1) is 10.0. The summed E-state index contributed by atoms with van der Waals surface area (Å²) in [6.45, 7) is 0. The number of rotatable bonds is 4. The van der Waals surface area contributed by atoms with Crippen molar-refractivity contribution in [1.29, 1.82) is 0 Å². The molecule has 0 saturated heterocycles. The normalized spacial score (nSPS) is 11.2. The molecule has 2 aromatic rings. The molecule has 0 unspecified atom stereocenters. The fourth-order valence-electron chi connectivity index (χ4n) is 1.53. The lowest BCUT2D eigenvalue weighted by Gasteiger charge is -2.06. The van der Waals surface area contributed by atoms with E-state index in [1.807, 2.05) is 0 Å². The molecule has 0 aliphatic carbocycles. The van der Waals surface area contributed by atoms with Crippen molar-refractivity contribution >= 4 is 11.5 Å². The van der Waals surface area contributed by atoms with E-state index in [-0.39, 0.29) is 17.3 Å². The Morgan fingerprint density at radius 1 is 1.43 bits per heavy atom. The maximum Gasteiger partial charge on any atom is 0.299 e. The highest BCUT2D eigenvalue weighted by Crippen LogP contribution is 2.24. The molecule has 1 heterocycles. The summed E-state index contributed by atoms with van der Waals surface area (Å²) in [5, 5.41) is 22.1. The number of nitro groups is 1. The van der Waals surface area contributed by atoms with Gasteiger partial charge < -0.3 is 15.7 Å². The molecule has 0 radical (unpaired) electrons. The Kier molecular flexibility index (Phi) is 3.93. The van der Waals surface area contributed by atoms with Gasteiger partial charge in [-0.15, -0.1) is 0 Å². The summed E-state index contributed by atoms with van der Waals surface area (Å²) in [4.78, 5) is 13.9. The number of nitrogens with two attached hydrogens (primary N) is 1. The van der Waals surface area contributed by atoms with Crippen molar-refractivity contribution in [2.45, 2.75) is 0 Å². The third-order valence-electron chi connectivity index (χ3n) is 2.41. The largest absolute Gasteiger partial charge is 0.439 e. The molecule has 2 rings (SSSR count). The molecule has 0 fully saturated rings. The number of aromatic nitrogens is 1. The van der Waals surface area contributed by atoms with Crippen molar-refractivity contribution < 1.29 is 19.3 Å². The number of hydrogen-bond acceptors (Lipinski definition) is 6. The number of ether oxygens (including phenoxy) is 1. The molecule has 3 N–H and O–H groups in total. The van der Waals surface area contributed by atoms with Gasteiger partial charge in [-0.3, -0.25) is 10.1 Å². The van der Waals surface area contributed by atoms with E-state index < -0.39 is 22.3 Å². The van der Waals surface area contributed by atoms with Crippen LogP contribution in [0.4, 0.5) is 10.1 Å². The number of pyridine rings is 1. The first kappa shape index (κ1) is 14.2. The van der Waals surface area contributed by atoms with E-state index in [0.29, 0.717) is 0 Å². The molecule has 0 bridgehead atoms. The zero-order chi connectivity index (χ0) is 15.4. The van der Waals surface area contributed by atoms with Gasteiger partial charge in [-0.25, -0.2) is 9.37 Å². The van der Waals surface area contributed by atoms with Crippen LogP contribution in [-0.2, 0) is 0 Å². The van der Waals surface area contributed by atoms with Gasteiger partial charge in [0.2, 0.25) is 5.88 Å². The van der Waals surface area contributed by atoms with Crippen LogP contribution in [0.3, 0.4) is 0 Å². The highest BCUT2D eigenvalue weighted by molar-refractivity contribution is 5.98. The fourth-order valence-corrected chi connectivity index (χ4v) is 1.53. The maximum absolute atomic E-state index is 13.0. The molecule has 0 aliphatic rings. The minimum Gasteiger partial charge on any atom is -0.439 e. The lowest BCUT2D eigenvalue weighted by atomic mass is 10.3. The van der Waals surface area contributed by atoms with Gasteiger partial charge in [-0.1, -0.05) is 11.2 Å². The minimum atomic E-state index is -0.730. The Hall–Kier alpha value is -3.23. The molecule has 0 aliphatic heterocycles. The molecule has 1 aromatic heterocycles. The third kappa shape index (κ3) is 3.21. The van der Waals surface area contributed by atoms with E-state index in [4.69, 9.17) is 15.7 Å². The average molecular weight is 292 g/mol. The summed E-state index contributed by atoms with van der Waals surface area (Å²) in [5.74, 6) is -0.952. The van der Waals surface area contributed by atoms with Crippen LogP contribution < -0.4 is 10.5 Å². The van der Waals surface area contributed by atoms with Gasteiger partial charge in [0, 0.05) is 18.2 Å². The Labute approximate surface area is 117 Å². The quantitative estimate of drug-likeness (QED) is 0.292. The zero-order valence-corrected chi connectivity index (χ0v) is 10.4. The first-order valence-electron chi connectivity index (χ1n) is 5.58. The van der Waals surface area contributed by atoms with Crippen LogP contribution in [0.2, 0.25) is 0 Å². The van der Waals surface area contributed by atoms with E-state index in [0.717, 1.165) is 12.1 Å². The summed E-state index contributed by atoms with van der Waals surface area (Å²) in [7, 11) is 0. The van der Waals surface area contributed by atoms with E-state index in [9.17, 15) is 14.5 Å². The third-order valence-corrected chi connectivity index (χ3v) is 2.41. The van der Waals surface area contributed by atoms with E-state index in [2.05, 4.69) is 10.1 Å². The summed E-state index contributed by atoms with van der Waals surface area (Å²) in [6.07, 6.45) is 0. The summed E-state index contributed by atoms with van der Waals surface area (Å²) in [6, 6.07) is 7.58. The fraction of sp³-hybridized carbons (Fsp3) is 0. The second-order valence-electron chi connectivity index (χ2n) is 3.82. The molecule has 0 spiro atoms. The number of nitrogens with zero attached hydrogens (tertiary/aromatic N) is 3. The molecule has 108 valence electrons. The lowest BCUT2D eigenvalue weighted by Crippen LogP contribution is -2.17. The molecule has 1 aromatic carbocycles. The SMILES string of the molecule is N/C(=N/O)c1nc(Oc2cccc(F)c2)ccc1[N+](=O)[O-]. The minimum absolute atomic E-state index is 0.0622. The lowest BCUT2D eigenvalue weighted by molar-refractivity contribution is -0.385. The zero-order valence-electron chi connectivity index (χ0n) is 10.4. The summed E-state index contributed by atoms with van der Waals surface area (Å²) in [5.41, 5.74) is 4.54. The van der Waals surface area contributed by atoms with Gasteiger partial charge in [0.25, 0.3) is 5.69 Å². The Morgan fingerprint density at radius 2 is 2.19 bits per heavy atom. The highest BCUT2D eigenvalue weighted by Gasteiger charge is 2.20. The molecule has 9 heteroatoms. The number of benzene rings is 1. The van der Waals surface area contributed by atoms with E-state index in [1.54, 1.807) is 0 Å². The van der Waals surface area contributed by atoms with Crippen LogP contribution in [-0.4, -0.2) is 21.0 Å². The van der Waals surface area contributed by atoms with Crippen molar-refractivity contribution in [1.82, 2.24) is 4.98 Å². The van der Waals surface area contributed by atoms with Crippen LogP contribution in [0, 0.1) is 15.9 Å². The molecule has 0 atom stereocenters. The van der Waals surface area contributed by atoms with Gasteiger partial charge >= 0.3 is 0 Å². The second-order valence-corrected chi connectivity index (χ2v) is 3.82. The monoisotopic (exact) mass is 292 g/mol. The first-order valence-corrected chi connectivity index (χ1v) is 5.58. The maximum atomic E-state index is 13.0. The summed E-state index contributed by atoms with van der Waals surface area (Å²) < 4.78 is 18.3. The van der Waals surface area contributed by atoms with Gasteiger partial charge in [0.15, 0.2) is 11.5 Å². The number of hydrogen-bond donors (Lipinski definition) is 2. The van der Waals surface area contributed by atoms with Crippen LogP contribution in [0.5, 0.6) is 11.6 Å². The van der Waals surface area contributed by atoms with Gasteiger partial charge in [0.05, 0.1) is 4.92 Å². The predicted octanol–water partition coefficient (Wildman–Crippen LogP) is 2.02. The Bertz CT molecular complexity index is 720. The standard InChI is InChI=1S/C12H9FN4O4/c13-7-2-1-3-8(6-7)21-10-5-4-9(17(19)20)11(15-10)12(14)16-18/h1-6,18H,(H2,14,16). The number of halogens is 1. The van der Waals surface area contributed by atoms with E-state index >= 15 is 0 Å². The van der Waals surface area contributed by atoms with Crippen molar-refractivity contribution in [2.24, 2.45) is 10.9 Å².